The number of H-pyrrole nitrogens is 1. The fourth-order valence-electron chi connectivity index (χ4n) is 2.30. The predicted molar refractivity (Wildman–Crippen MR) is 93.9 cm³/mol. The maximum Gasteiger partial charge on any atom is 0.224 e. The number of benzene rings is 2. The Hall–Kier alpha value is -2.87. The molecule has 0 aliphatic heterocycles. The molecule has 2 aromatic carbocycles. The third-order valence-corrected chi connectivity index (χ3v) is 4.60. The third kappa shape index (κ3) is 4.57. The maximum atomic E-state index is 12.1. The van der Waals surface area contributed by atoms with E-state index in [4.69, 9.17) is 0 Å². The number of carbonyl (C=O) groups excluding carboxylic acids is 1. The molecule has 0 saturated heterocycles. The van der Waals surface area contributed by atoms with Crippen molar-refractivity contribution in [1.82, 2.24) is 25.9 Å². The molecule has 1 amide bonds. The summed E-state index contributed by atoms with van der Waals surface area (Å²) >= 11 is 0. The first-order valence-electron chi connectivity index (χ1n) is 7.63. The zero-order chi connectivity index (χ0) is 17.6. The largest absolute Gasteiger partial charge is 0.352 e. The van der Waals surface area contributed by atoms with Crippen molar-refractivity contribution in [3.8, 4) is 11.4 Å². The smallest absolute Gasteiger partial charge is 0.224 e. The van der Waals surface area contributed by atoms with Crippen LogP contribution in [-0.4, -0.2) is 37.0 Å². The average Bonchev–Trinajstić information content (AvgIpc) is 3.15. The number of nitrogens with one attached hydrogen (secondary N) is 2. The van der Waals surface area contributed by atoms with Gasteiger partial charge in [0.05, 0.1) is 6.42 Å². The Morgan fingerprint density at radius 2 is 1.76 bits per heavy atom. The van der Waals surface area contributed by atoms with Crippen LogP contribution >= 0.6 is 0 Å². The fraction of sp³-hybridized carbons (Fsp3) is 0.176. The molecule has 0 fully saturated rings. The normalized spacial score (nSPS) is 11.9. The first kappa shape index (κ1) is 17.0. The third-order valence-electron chi connectivity index (χ3n) is 3.67. The highest BCUT2D eigenvalue weighted by atomic mass is 32.2. The van der Waals surface area contributed by atoms with Crippen LogP contribution in [0.5, 0.6) is 0 Å². The van der Waals surface area contributed by atoms with Crippen LogP contribution in [0.4, 0.5) is 0 Å². The minimum absolute atomic E-state index is 0.0624. The molecule has 2 N–H and O–H groups in total. The van der Waals surface area contributed by atoms with Crippen LogP contribution in [0, 0.1) is 0 Å². The second-order valence-electron chi connectivity index (χ2n) is 5.48. The SMILES string of the molecule is CS(=O)c1ccc(CC(=O)NCc2ccc(-c3nn[nH]n3)cc2)cc1. The van der Waals surface area contributed by atoms with Gasteiger partial charge in [-0.2, -0.15) is 5.21 Å². The predicted octanol–water partition coefficient (Wildman–Crippen LogP) is 1.46. The zero-order valence-corrected chi connectivity index (χ0v) is 14.4. The summed E-state index contributed by atoms with van der Waals surface area (Å²) in [4.78, 5) is 12.8. The topological polar surface area (TPSA) is 101 Å². The van der Waals surface area contributed by atoms with Crippen LogP contribution in [0.2, 0.25) is 0 Å². The lowest BCUT2D eigenvalue weighted by Gasteiger charge is -2.06. The van der Waals surface area contributed by atoms with E-state index in [9.17, 15) is 9.00 Å². The Bertz CT molecular complexity index is 861. The van der Waals surface area contributed by atoms with E-state index in [1.54, 1.807) is 18.4 Å². The summed E-state index contributed by atoms with van der Waals surface area (Å²) in [6.45, 7) is 0.447. The summed E-state index contributed by atoms with van der Waals surface area (Å²) in [5.74, 6) is 0.472. The monoisotopic (exact) mass is 355 g/mol. The summed E-state index contributed by atoms with van der Waals surface area (Å²) in [5.41, 5.74) is 2.73. The van der Waals surface area contributed by atoms with E-state index >= 15 is 0 Å². The molecule has 1 heterocycles. The van der Waals surface area contributed by atoms with Crippen molar-refractivity contribution in [2.45, 2.75) is 17.9 Å². The molecule has 0 bridgehead atoms. The lowest BCUT2D eigenvalue weighted by Crippen LogP contribution is -2.24. The van der Waals surface area contributed by atoms with Gasteiger partial charge < -0.3 is 5.32 Å². The minimum Gasteiger partial charge on any atom is -0.352 e. The van der Waals surface area contributed by atoms with E-state index in [0.717, 1.165) is 21.6 Å². The number of tetrazole rings is 1. The lowest BCUT2D eigenvalue weighted by molar-refractivity contribution is -0.120. The fourth-order valence-corrected chi connectivity index (χ4v) is 2.82. The Balaban J connectivity index is 1.52. The Labute approximate surface area is 147 Å². The zero-order valence-electron chi connectivity index (χ0n) is 13.6. The molecule has 0 aliphatic carbocycles. The van der Waals surface area contributed by atoms with E-state index < -0.39 is 10.8 Å². The molecule has 1 aromatic heterocycles. The first-order valence-corrected chi connectivity index (χ1v) is 9.19. The second kappa shape index (κ2) is 7.80. The van der Waals surface area contributed by atoms with Gasteiger partial charge in [-0.1, -0.05) is 36.4 Å². The van der Waals surface area contributed by atoms with Gasteiger partial charge >= 0.3 is 0 Å². The van der Waals surface area contributed by atoms with Crippen molar-refractivity contribution in [1.29, 1.82) is 0 Å². The van der Waals surface area contributed by atoms with Gasteiger partial charge in [-0.05, 0) is 28.5 Å². The molecule has 0 saturated carbocycles. The molecule has 0 radical (unpaired) electrons. The molecular formula is C17H17N5O2S. The van der Waals surface area contributed by atoms with Gasteiger partial charge in [-0.3, -0.25) is 9.00 Å². The molecule has 128 valence electrons. The van der Waals surface area contributed by atoms with E-state index in [-0.39, 0.29) is 12.3 Å². The van der Waals surface area contributed by atoms with Crippen LogP contribution in [-0.2, 0) is 28.6 Å². The van der Waals surface area contributed by atoms with E-state index in [2.05, 4.69) is 25.9 Å². The molecule has 8 heteroatoms. The van der Waals surface area contributed by atoms with Crippen LogP contribution in [0.25, 0.3) is 11.4 Å². The average molecular weight is 355 g/mol. The highest BCUT2D eigenvalue weighted by molar-refractivity contribution is 7.84. The maximum absolute atomic E-state index is 12.1. The molecular weight excluding hydrogens is 338 g/mol. The van der Waals surface area contributed by atoms with Gasteiger partial charge in [-0.15, -0.1) is 10.2 Å². The summed E-state index contributed by atoms with van der Waals surface area (Å²) in [6, 6.07) is 14.8. The molecule has 25 heavy (non-hydrogen) atoms. The van der Waals surface area contributed by atoms with Crippen molar-refractivity contribution in [3.63, 3.8) is 0 Å². The van der Waals surface area contributed by atoms with Gasteiger partial charge in [0.25, 0.3) is 0 Å². The van der Waals surface area contributed by atoms with Gasteiger partial charge in [0.1, 0.15) is 0 Å². The van der Waals surface area contributed by atoms with Crippen LogP contribution in [0.15, 0.2) is 53.4 Å². The first-order chi connectivity index (χ1) is 12.1. The quantitative estimate of drug-likeness (QED) is 0.697. The van der Waals surface area contributed by atoms with Crippen LogP contribution in [0.1, 0.15) is 11.1 Å². The summed E-state index contributed by atoms with van der Waals surface area (Å²) in [5, 5.41) is 16.7. The number of hydrogen-bond donors (Lipinski definition) is 2. The molecule has 3 aromatic rings. The Morgan fingerprint density at radius 1 is 1.08 bits per heavy atom. The number of aromatic amines is 1. The van der Waals surface area contributed by atoms with Gasteiger partial charge in [0.15, 0.2) is 0 Å². The van der Waals surface area contributed by atoms with Crippen molar-refractivity contribution < 1.29 is 9.00 Å². The number of aromatic nitrogens is 4. The number of rotatable bonds is 6. The molecule has 0 aliphatic rings. The molecule has 0 spiro atoms. The van der Waals surface area contributed by atoms with E-state index in [1.165, 1.54) is 0 Å². The van der Waals surface area contributed by atoms with Gasteiger partial charge in [-0.25, -0.2) is 0 Å². The van der Waals surface area contributed by atoms with Gasteiger partial charge in [0, 0.05) is 34.1 Å². The number of nitrogens with zero attached hydrogens (tertiary/aromatic N) is 3. The van der Waals surface area contributed by atoms with Crippen LogP contribution < -0.4 is 5.32 Å². The number of amides is 1. The summed E-state index contributed by atoms with van der Waals surface area (Å²) in [7, 11) is -1.01. The highest BCUT2D eigenvalue weighted by Crippen LogP contribution is 2.14. The summed E-state index contributed by atoms with van der Waals surface area (Å²) < 4.78 is 11.4. The second-order valence-corrected chi connectivity index (χ2v) is 6.86. The molecule has 3 rings (SSSR count). The number of hydrogen-bond acceptors (Lipinski definition) is 5. The molecule has 1 unspecified atom stereocenters. The standard InChI is InChI=1S/C17H17N5O2S/c1-25(24)15-8-4-12(5-9-15)10-16(23)18-11-13-2-6-14(7-3-13)17-19-21-22-20-17/h2-9H,10-11H2,1H3,(H,18,23)(H,19,20,21,22). The van der Waals surface area contributed by atoms with Crippen LogP contribution in [0.3, 0.4) is 0 Å². The number of carbonyl (C=O) groups is 1. The molecule has 1 atom stereocenters. The Morgan fingerprint density at radius 3 is 2.36 bits per heavy atom. The Kier molecular flexibility index (Phi) is 5.30. The van der Waals surface area contributed by atoms with E-state index in [0.29, 0.717) is 12.4 Å². The minimum atomic E-state index is -1.01. The highest BCUT2D eigenvalue weighted by Gasteiger charge is 2.06. The lowest BCUT2D eigenvalue weighted by atomic mass is 10.1. The van der Waals surface area contributed by atoms with Crippen molar-refractivity contribution in [3.05, 3.63) is 59.7 Å². The van der Waals surface area contributed by atoms with E-state index in [1.807, 2.05) is 36.4 Å². The molecule has 7 nitrogen and oxygen atoms in total. The van der Waals surface area contributed by atoms with Gasteiger partial charge in [0.2, 0.25) is 11.7 Å². The van der Waals surface area contributed by atoms with Crippen molar-refractivity contribution in [2.75, 3.05) is 6.26 Å². The van der Waals surface area contributed by atoms with Crippen molar-refractivity contribution >= 4 is 16.7 Å². The van der Waals surface area contributed by atoms with Crippen molar-refractivity contribution in [2.24, 2.45) is 0 Å². The summed E-state index contributed by atoms with van der Waals surface area (Å²) in [6.07, 6.45) is 1.92.